The molecule has 0 radical (unpaired) electrons. The van der Waals surface area contributed by atoms with E-state index in [-0.39, 0.29) is 23.8 Å². The maximum absolute atomic E-state index is 12.5. The maximum atomic E-state index is 12.5. The molecule has 1 amide bonds. The molecule has 108 valence electrons. The summed E-state index contributed by atoms with van der Waals surface area (Å²) in [7, 11) is 0. The Balaban J connectivity index is 2.05. The third kappa shape index (κ3) is 2.63. The Bertz CT molecular complexity index is 379. The van der Waals surface area contributed by atoms with Crippen LogP contribution in [0, 0.1) is 10.8 Å². The second kappa shape index (κ2) is 4.80. The zero-order valence-corrected chi connectivity index (χ0v) is 12.2. The van der Waals surface area contributed by atoms with Crippen molar-refractivity contribution in [2.75, 3.05) is 6.54 Å². The van der Waals surface area contributed by atoms with E-state index in [0.717, 1.165) is 25.8 Å². The lowest BCUT2D eigenvalue weighted by atomic mass is 9.66. The van der Waals surface area contributed by atoms with Crippen LogP contribution in [0.4, 0.5) is 0 Å². The van der Waals surface area contributed by atoms with E-state index in [9.17, 15) is 14.7 Å². The van der Waals surface area contributed by atoms with Gasteiger partial charge in [-0.2, -0.15) is 0 Å². The van der Waals surface area contributed by atoms with Crippen molar-refractivity contribution in [1.29, 1.82) is 0 Å². The Morgan fingerprint density at radius 1 is 1.26 bits per heavy atom. The van der Waals surface area contributed by atoms with Crippen LogP contribution in [0.3, 0.4) is 0 Å². The molecule has 1 saturated carbocycles. The maximum Gasteiger partial charge on any atom is 0.310 e. The fourth-order valence-corrected chi connectivity index (χ4v) is 3.43. The summed E-state index contributed by atoms with van der Waals surface area (Å²) in [5.41, 5.74) is -0.690. The van der Waals surface area contributed by atoms with Crippen molar-refractivity contribution in [3.05, 3.63) is 0 Å². The largest absolute Gasteiger partial charge is 0.481 e. The Hall–Kier alpha value is -1.06. The Labute approximate surface area is 115 Å². The molecule has 0 aromatic heterocycles. The standard InChI is InChI=1S/C15H25NO3/c1-14(2,3)11-6-4-9-16(11)12(17)10-15(13(18)19)7-5-8-15/h11H,4-10H2,1-3H3,(H,18,19)/t11-/m0/s1. The van der Waals surface area contributed by atoms with Gasteiger partial charge in [0.05, 0.1) is 5.41 Å². The van der Waals surface area contributed by atoms with Crippen molar-refractivity contribution in [3.63, 3.8) is 0 Å². The molecule has 0 aromatic carbocycles. The molecule has 0 unspecified atom stereocenters. The first-order valence-electron chi connectivity index (χ1n) is 7.29. The van der Waals surface area contributed by atoms with Gasteiger partial charge in [-0.05, 0) is 31.1 Å². The number of rotatable bonds is 3. The lowest BCUT2D eigenvalue weighted by Gasteiger charge is -2.40. The van der Waals surface area contributed by atoms with Crippen molar-refractivity contribution in [2.24, 2.45) is 10.8 Å². The molecular weight excluding hydrogens is 242 g/mol. The molecule has 1 aliphatic carbocycles. The molecule has 1 saturated heterocycles. The van der Waals surface area contributed by atoms with Crippen molar-refractivity contribution in [1.82, 2.24) is 4.90 Å². The average Bonchev–Trinajstić information content (AvgIpc) is 2.70. The van der Waals surface area contributed by atoms with Gasteiger partial charge in [0.2, 0.25) is 5.91 Å². The minimum Gasteiger partial charge on any atom is -0.481 e. The molecule has 2 rings (SSSR count). The summed E-state index contributed by atoms with van der Waals surface area (Å²) in [4.78, 5) is 25.8. The lowest BCUT2D eigenvalue weighted by molar-refractivity contribution is -0.160. The van der Waals surface area contributed by atoms with Crippen LogP contribution in [0.2, 0.25) is 0 Å². The average molecular weight is 267 g/mol. The van der Waals surface area contributed by atoms with E-state index in [0.29, 0.717) is 12.8 Å². The van der Waals surface area contributed by atoms with Crippen LogP contribution in [0.15, 0.2) is 0 Å². The molecule has 19 heavy (non-hydrogen) atoms. The molecule has 0 spiro atoms. The summed E-state index contributed by atoms with van der Waals surface area (Å²) in [5.74, 6) is -0.752. The quantitative estimate of drug-likeness (QED) is 0.855. The second-order valence-electron chi connectivity index (χ2n) is 7.23. The van der Waals surface area contributed by atoms with E-state index in [4.69, 9.17) is 0 Å². The number of likely N-dealkylation sites (tertiary alicyclic amines) is 1. The molecule has 1 atom stereocenters. The smallest absolute Gasteiger partial charge is 0.310 e. The molecule has 4 heteroatoms. The monoisotopic (exact) mass is 267 g/mol. The number of carbonyl (C=O) groups excluding carboxylic acids is 1. The van der Waals surface area contributed by atoms with Crippen molar-refractivity contribution in [3.8, 4) is 0 Å². The number of nitrogens with zero attached hydrogens (tertiary/aromatic N) is 1. The minimum atomic E-state index is -0.793. The van der Waals surface area contributed by atoms with Crippen LogP contribution < -0.4 is 0 Å². The van der Waals surface area contributed by atoms with Gasteiger partial charge in [0.15, 0.2) is 0 Å². The van der Waals surface area contributed by atoms with E-state index in [2.05, 4.69) is 20.8 Å². The van der Waals surface area contributed by atoms with Gasteiger partial charge in [-0.25, -0.2) is 0 Å². The van der Waals surface area contributed by atoms with E-state index in [1.807, 2.05) is 4.90 Å². The van der Waals surface area contributed by atoms with Gasteiger partial charge in [0.25, 0.3) is 0 Å². The SMILES string of the molecule is CC(C)(C)[C@@H]1CCCN1C(=O)CC1(C(=O)O)CCC1. The third-order valence-electron chi connectivity index (χ3n) is 4.83. The van der Waals surface area contributed by atoms with Gasteiger partial charge in [0.1, 0.15) is 0 Å². The topological polar surface area (TPSA) is 57.6 Å². The first-order chi connectivity index (χ1) is 8.76. The second-order valence-corrected chi connectivity index (χ2v) is 7.23. The van der Waals surface area contributed by atoms with Crippen molar-refractivity contribution >= 4 is 11.9 Å². The molecular formula is C15H25NO3. The summed E-state index contributed by atoms with van der Waals surface area (Å²) in [6.45, 7) is 7.25. The summed E-state index contributed by atoms with van der Waals surface area (Å²) < 4.78 is 0. The van der Waals surface area contributed by atoms with Gasteiger partial charge >= 0.3 is 5.97 Å². The molecule has 0 bridgehead atoms. The van der Waals surface area contributed by atoms with E-state index in [1.165, 1.54) is 0 Å². The van der Waals surface area contributed by atoms with Crippen LogP contribution in [0.1, 0.15) is 59.3 Å². The van der Waals surface area contributed by atoms with Gasteiger partial charge in [-0.3, -0.25) is 9.59 Å². The molecule has 1 N–H and O–H groups in total. The Kier molecular flexibility index (Phi) is 3.63. The molecule has 0 aromatic rings. The van der Waals surface area contributed by atoms with E-state index >= 15 is 0 Å². The number of aliphatic carboxylic acids is 1. The third-order valence-corrected chi connectivity index (χ3v) is 4.83. The highest BCUT2D eigenvalue weighted by molar-refractivity contribution is 5.86. The summed E-state index contributed by atoms with van der Waals surface area (Å²) in [5, 5.41) is 9.33. The Morgan fingerprint density at radius 2 is 1.89 bits per heavy atom. The highest BCUT2D eigenvalue weighted by Crippen LogP contribution is 2.45. The first kappa shape index (κ1) is 14.4. The molecule has 2 aliphatic rings. The number of carbonyl (C=O) groups is 2. The predicted molar refractivity (Wildman–Crippen MR) is 72.7 cm³/mol. The molecule has 1 heterocycles. The zero-order chi connectivity index (χ0) is 14.3. The van der Waals surface area contributed by atoms with Crippen LogP contribution >= 0.6 is 0 Å². The summed E-state index contributed by atoms with van der Waals surface area (Å²) >= 11 is 0. The van der Waals surface area contributed by atoms with Crippen LogP contribution in [-0.2, 0) is 9.59 Å². The van der Waals surface area contributed by atoms with Gasteiger partial charge < -0.3 is 10.0 Å². The van der Waals surface area contributed by atoms with Crippen molar-refractivity contribution in [2.45, 2.75) is 65.3 Å². The molecule has 1 aliphatic heterocycles. The lowest BCUT2D eigenvalue weighted by Crippen LogP contribution is -2.48. The number of carboxylic acid groups (broad SMARTS) is 1. The first-order valence-corrected chi connectivity index (χ1v) is 7.29. The molecule has 2 fully saturated rings. The minimum absolute atomic E-state index is 0.0412. The number of hydrogen-bond donors (Lipinski definition) is 1. The van der Waals surface area contributed by atoms with Crippen LogP contribution in [0.5, 0.6) is 0 Å². The number of hydrogen-bond acceptors (Lipinski definition) is 2. The fourth-order valence-electron chi connectivity index (χ4n) is 3.43. The van der Waals surface area contributed by atoms with Crippen LogP contribution in [0.25, 0.3) is 0 Å². The highest BCUT2D eigenvalue weighted by Gasteiger charge is 2.48. The number of carboxylic acids is 1. The normalized spacial score (nSPS) is 26.1. The van der Waals surface area contributed by atoms with E-state index in [1.54, 1.807) is 0 Å². The highest BCUT2D eigenvalue weighted by atomic mass is 16.4. The predicted octanol–water partition coefficient (Wildman–Crippen LogP) is 2.67. The van der Waals surface area contributed by atoms with E-state index < -0.39 is 11.4 Å². The number of amides is 1. The van der Waals surface area contributed by atoms with Gasteiger partial charge in [-0.1, -0.05) is 27.2 Å². The van der Waals surface area contributed by atoms with Gasteiger partial charge in [0, 0.05) is 19.0 Å². The Morgan fingerprint density at radius 3 is 2.32 bits per heavy atom. The summed E-state index contributed by atoms with van der Waals surface area (Å²) in [6, 6.07) is 0.255. The molecule has 4 nitrogen and oxygen atoms in total. The zero-order valence-electron chi connectivity index (χ0n) is 12.2. The summed E-state index contributed by atoms with van der Waals surface area (Å²) in [6.07, 6.45) is 4.50. The van der Waals surface area contributed by atoms with Crippen molar-refractivity contribution < 1.29 is 14.7 Å². The van der Waals surface area contributed by atoms with Gasteiger partial charge in [-0.15, -0.1) is 0 Å². The van der Waals surface area contributed by atoms with Crippen LogP contribution in [-0.4, -0.2) is 34.5 Å². The fraction of sp³-hybridized carbons (Fsp3) is 0.867.